The van der Waals surface area contributed by atoms with Crippen LogP contribution >= 0.6 is 15.9 Å². The molecule has 0 bridgehead atoms. The second-order valence-electron chi connectivity index (χ2n) is 4.34. The van der Waals surface area contributed by atoms with E-state index in [0.717, 1.165) is 18.4 Å². The van der Waals surface area contributed by atoms with Gasteiger partial charge in [0.15, 0.2) is 0 Å². The monoisotopic (exact) mass is 288 g/mol. The number of hydrogen-bond donors (Lipinski definition) is 2. The van der Waals surface area contributed by atoms with Crippen LogP contribution in [0.5, 0.6) is 0 Å². The van der Waals surface area contributed by atoms with Crippen LogP contribution in [0.4, 0.5) is 4.39 Å². The Bertz CT molecular complexity index is 379. The molecular formula is C12H14BrFO2. The summed E-state index contributed by atoms with van der Waals surface area (Å²) in [7, 11) is 0. The average molecular weight is 289 g/mol. The summed E-state index contributed by atoms with van der Waals surface area (Å²) in [5.41, 5.74) is 0.814. The topological polar surface area (TPSA) is 40.5 Å². The van der Waals surface area contributed by atoms with Crippen molar-refractivity contribution in [2.75, 3.05) is 0 Å². The standard InChI is InChI=1S/C12H14BrFO2/c13-10-6-9(14)4-3-8(10)5-11(15)12(16)7-1-2-7/h3-4,6-7,11-12,15-16H,1-2,5H2. The van der Waals surface area contributed by atoms with Gasteiger partial charge in [0.25, 0.3) is 0 Å². The summed E-state index contributed by atoms with van der Waals surface area (Å²) in [5, 5.41) is 19.5. The van der Waals surface area contributed by atoms with E-state index < -0.39 is 12.2 Å². The van der Waals surface area contributed by atoms with Gasteiger partial charge in [0.05, 0.1) is 12.2 Å². The van der Waals surface area contributed by atoms with Crippen molar-refractivity contribution >= 4 is 15.9 Å². The lowest BCUT2D eigenvalue weighted by molar-refractivity contribution is 0.00664. The highest BCUT2D eigenvalue weighted by Gasteiger charge is 2.34. The zero-order chi connectivity index (χ0) is 11.7. The van der Waals surface area contributed by atoms with Crippen LogP contribution < -0.4 is 0 Å². The van der Waals surface area contributed by atoms with Crippen molar-refractivity contribution < 1.29 is 14.6 Å². The Balaban J connectivity index is 2.02. The van der Waals surface area contributed by atoms with Crippen LogP contribution in [-0.4, -0.2) is 22.4 Å². The van der Waals surface area contributed by atoms with Crippen LogP contribution in [-0.2, 0) is 6.42 Å². The Morgan fingerprint density at radius 3 is 2.62 bits per heavy atom. The number of hydrogen-bond acceptors (Lipinski definition) is 2. The fourth-order valence-electron chi connectivity index (χ4n) is 1.79. The van der Waals surface area contributed by atoms with E-state index in [1.165, 1.54) is 12.1 Å². The molecule has 2 nitrogen and oxygen atoms in total. The fourth-order valence-corrected chi connectivity index (χ4v) is 2.30. The second-order valence-corrected chi connectivity index (χ2v) is 5.19. The lowest BCUT2D eigenvalue weighted by atomic mass is 10.0. The Morgan fingerprint density at radius 1 is 1.38 bits per heavy atom. The van der Waals surface area contributed by atoms with Gasteiger partial charge in [-0.05, 0) is 36.5 Å². The van der Waals surface area contributed by atoms with Gasteiger partial charge >= 0.3 is 0 Å². The van der Waals surface area contributed by atoms with Crippen LogP contribution in [0.1, 0.15) is 18.4 Å². The maximum absolute atomic E-state index is 12.8. The zero-order valence-corrected chi connectivity index (χ0v) is 10.3. The van der Waals surface area contributed by atoms with Crippen molar-refractivity contribution in [3.8, 4) is 0 Å². The third-order valence-corrected chi connectivity index (χ3v) is 3.68. The van der Waals surface area contributed by atoms with E-state index in [4.69, 9.17) is 0 Å². The molecule has 0 heterocycles. The van der Waals surface area contributed by atoms with Crippen molar-refractivity contribution in [3.63, 3.8) is 0 Å². The molecule has 88 valence electrons. The van der Waals surface area contributed by atoms with Crippen LogP contribution in [0.15, 0.2) is 22.7 Å². The Hall–Kier alpha value is -0.450. The molecule has 0 aliphatic heterocycles. The number of rotatable bonds is 4. The van der Waals surface area contributed by atoms with Crippen LogP contribution in [0, 0.1) is 11.7 Å². The predicted molar refractivity (Wildman–Crippen MR) is 62.5 cm³/mol. The largest absolute Gasteiger partial charge is 0.390 e. The molecule has 0 spiro atoms. The van der Waals surface area contributed by atoms with Gasteiger partial charge in [-0.1, -0.05) is 22.0 Å². The summed E-state index contributed by atoms with van der Waals surface area (Å²) in [6.45, 7) is 0. The molecule has 1 saturated carbocycles. The zero-order valence-electron chi connectivity index (χ0n) is 8.74. The SMILES string of the molecule is OC(Cc1ccc(F)cc1Br)C(O)C1CC1. The molecule has 2 atom stereocenters. The minimum atomic E-state index is -0.769. The summed E-state index contributed by atoms with van der Waals surface area (Å²) in [6.07, 6.45) is 0.899. The van der Waals surface area contributed by atoms with Gasteiger partial charge in [-0.3, -0.25) is 0 Å². The molecule has 0 radical (unpaired) electrons. The van der Waals surface area contributed by atoms with Crippen molar-refractivity contribution in [2.45, 2.75) is 31.5 Å². The molecule has 1 aliphatic rings. The number of halogens is 2. The van der Waals surface area contributed by atoms with Crippen molar-refractivity contribution in [1.29, 1.82) is 0 Å². The summed E-state index contributed by atoms with van der Waals surface area (Å²) >= 11 is 3.24. The Labute approximate surface area is 102 Å². The summed E-state index contributed by atoms with van der Waals surface area (Å²) in [4.78, 5) is 0. The maximum atomic E-state index is 12.8. The Morgan fingerprint density at radius 2 is 2.06 bits per heavy atom. The van der Waals surface area contributed by atoms with E-state index in [0.29, 0.717) is 10.9 Å². The van der Waals surface area contributed by atoms with Gasteiger partial charge in [-0.15, -0.1) is 0 Å². The van der Waals surface area contributed by atoms with Crippen LogP contribution in [0.3, 0.4) is 0 Å². The molecule has 2 N–H and O–H groups in total. The molecule has 1 fully saturated rings. The fraction of sp³-hybridized carbons (Fsp3) is 0.500. The first kappa shape index (κ1) is 12.0. The van der Waals surface area contributed by atoms with Gasteiger partial charge in [0, 0.05) is 10.9 Å². The predicted octanol–water partition coefficient (Wildman–Crippen LogP) is 2.26. The lowest BCUT2D eigenvalue weighted by Gasteiger charge is -2.17. The summed E-state index contributed by atoms with van der Waals surface area (Å²) in [6, 6.07) is 4.35. The first-order chi connectivity index (χ1) is 7.58. The van der Waals surface area contributed by atoms with Crippen LogP contribution in [0.25, 0.3) is 0 Å². The van der Waals surface area contributed by atoms with Crippen molar-refractivity contribution in [1.82, 2.24) is 0 Å². The lowest BCUT2D eigenvalue weighted by Crippen LogP contribution is -2.29. The van der Waals surface area contributed by atoms with E-state index in [1.807, 2.05) is 0 Å². The van der Waals surface area contributed by atoms with Gasteiger partial charge in [0.2, 0.25) is 0 Å². The molecule has 1 aliphatic carbocycles. The summed E-state index contributed by atoms with van der Waals surface area (Å²) in [5.74, 6) is -0.0675. The maximum Gasteiger partial charge on any atom is 0.124 e. The minimum Gasteiger partial charge on any atom is -0.390 e. The van der Waals surface area contributed by atoms with E-state index in [-0.39, 0.29) is 11.7 Å². The molecule has 2 unspecified atom stereocenters. The number of aliphatic hydroxyl groups excluding tert-OH is 2. The van der Waals surface area contributed by atoms with Gasteiger partial charge in [0.1, 0.15) is 5.82 Å². The molecule has 0 amide bonds. The van der Waals surface area contributed by atoms with E-state index in [1.54, 1.807) is 6.07 Å². The first-order valence-electron chi connectivity index (χ1n) is 5.38. The van der Waals surface area contributed by atoms with Gasteiger partial charge in [-0.25, -0.2) is 4.39 Å². The molecule has 2 rings (SSSR count). The summed E-state index contributed by atoms with van der Waals surface area (Å²) < 4.78 is 13.5. The van der Waals surface area contributed by atoms with E-state index >= 15 is 0 Å². The molecule has 0 aromatic heterocycles. The van der Waals surface area contributed by atoms with E-state index in [2.05, 4.69) is 15.9 Å². The van der Waals surface area contributed by atoms with Gasteiger partial charge < -0.3 is 10.2 Å². The number of benzene rings is 1. The quantitative estimate of drug-likeness (QED) is 0.892. The highest BCUT2D eigenvalue weighted by atomic mass is 79.9. The molecule has 1 aromatic carbocycles. The van der Waals surface area contributed by atoms with Crippen molar-refractivity contribution in [3.05, 3.63) is 34.1 Å². The first-order valence-corrected chi connectivity index (χ1v) is 6.17. The average Bonchev–Trinajstić information content (AvgIpc) is 3.04. The third-order valence-electron chi connectivity index (χ3n) is 2.94. The van der Waals surface area contributed by atoms with Gasteiger partial charge in [-0.2, -0.15) is 0 Å². The molecule has 1 aromatic rings. The highest BCUT2D eigenvalue weighted by molar-refractivity contribution is 9.10. The second kappa shape index (κ2) is 4.82. The minimum absolute atomic E-state index is 0.245. The van der Waals surface area contributed by atoms with Crippen LogP contribution in [0.2, 0.25) is 0 Å². The highest BCUT2D eigenvalue weighted by Crippen LogP contribution is 2.35. The molecule has 0 saturated heterocycles. The molecule has 16 heavy (non-hydrogen) atoms. The van der Waals surface area contributed by atoms with E-state index in [9.17, 15) is 14.6 Å². The Kier molecular flexibility index (Phi) is 3.62. The smallest absolute Gasteiger partial charge is 0.124 e. The molecule has 4 heteroatoms. The normalized spacial score (nSPS) is 19.5. The van der Waals surface area contributed by atoms with Crippen molar-refractivity contribution in [2.24, 2.45) is 5.92 Å². The number of aliphatic hydroxyl groups is 2. The molecular weight excluding hydrogens is 275 g/mol. The third kappa shape index (κ3) is 2.81.